The van der Waals surface area contributed by atoms with Crippen LogP contribution in [0.4, 0.5) is 5.69 Å². The Kier molecular flexibility index (Phi) is 5.29. The highest BCUT2D eigenvalue weighted by Gasteiger charge is 2.26. The van der Waals surface area contributed by atoms with E-state index in [1.165, 1.54) is 6.07 Å². The predicted molar refractivity (Wildman–Crippen MR) is 112 cm³/mol. The maximum absolute atomic E-state index is 13.0. The van der Waals surface area contributed by atoms with Crippen LogP contribution in [-0.2, 0) is 10.0 Å². The molecule has 0 bridgehead atoms. The number of hydrogen-bond acceptors (Lipinski definition) is 6. The van der Waals surface area contributed by atoms with Gasteiger partial charge in [-0.15, -0.1) is 0 Å². The molecule has 1 N–H and O–H groups in total. The quantitative estimate of drug-likeness (QED) is 0.670. The summed E-state index contributed by atoms with van der Waals surface area (Å²) in [6.07, 6.45) is 1.92. The van der Waals surface area contributed by atoms with E-state index in [-0.39, 0.29) is 22.5 Å². The summed E-state index contributed by atoms with van der Waals surface area (Å²) in [7, 11) is -3.83. The van der Waals surface area contributed by atoms with Gasteiger partial charge in [-0.2, -0.15) is 4.98 Å². The number of rotatable bonds is 5. The van der Waals surface area contributed by atoms with Crippen LogP contribution in [0.2, 0.25) is 0 Å². The average molecular weight is 426 g/mol. The Bertz CT molecular complexity index is 1200. The summed E-state index contributed by atoms with van der Waals surface area (Å²) in [4.78, 5) is 18.4. The maximum Gasteiger partial charge on any atom is 0.316 e. The van der Waals surface area contributed by atoms with Crippen LogP contribution in [-0.4, -0.2) is 42.5 Å². The fourth-order valence-corrected chi connectivity index (χ4v) is 4.80. The SMILES string of the molecule is Cc1ccccc1NS(=O)(=O)c1cc(-c2noc(C(=O)N3CCCC3)n2)ccc1C. The molecule has 0 atom stereocenters. The van der Waals surface area contributed by atoms with E-state index in [0.717, 1.165) is 18.4 Å². The number of likely N-dealkylation sites (tertiary alicyclic amines) is 1. The van der Waals surface area contributed by atoms with Crippen LogP contribution in [0.5, 0.6) is 0 Å². The minimum absolute atomic E-state index is 0.0880. The smallest absolute Gasteiger partial charge is 0.316 e. The number of hydrogen-bond donors (Lipinski definition) is 1. The number of benzene rings is 2. The van der Waals surface area contributed by atoms with Crippen LogP contribution < -0.4 is 4.72 Å². The molecule has 1 aromatic heterocycles. The molecule has 0 aliphatic carbocycles. The molecule has 1 aliphatic heterocycles. The lowest BCUT2D eigenvalue weighted by Crippen LogP contribution is -2.27. The van der Waals surface area contributed by atoms with E-state index in [0.29, 0.717) is 29.9 Å². The normalized spacial score (nSPS) is 14.1. The van der Waals surface area contributed by atoms with Gasteiger partial charge in [-0.1, -0.05) is 35.5 Å². The fourth-order valence-electron chi connectivity index (χ4n) is 3.40. The molecule has 4 rings (SSSR count). The van der Waals surface area contributed by atoms with Gasteiger partial charge in [0.1, 0.15) is 0 Å². The van der Waals surface area contributed by atoms with Gasteiger partial charge in [0.05, 0.1) is 10.6 Å². The number of nitrogens with one attached hydrogen (secondary N) is 1. The first kappa shape index (κ1) is 20.1. The molecule has 0 spiro atoms. The van der Waals surface area contributed by atoms with Crippen molar-refractivity contribution in [2.75, 3.05) is 17.8 Å². The zero-order valence-corrected chi connectivity index (χ0v) is 17.6. The largest absolute Gasteiger partial charge is 0.334 e. The van der Waals surface area contributed by atoms with Gasteiger partial charge in [-0.3, -0.25) is 9.52 Å². The minimum atomic E-state index is -3.83. The zero-order valence-electron chi connectivity index (χ0n) is 16.8. The van der Waals surface area contributed by atoms with Crippen molar-refractivity contribution in [3.8, 4) is 11.4 Å². The van der Waals surface area contributed by atoms with E-state index in [2.05, 4.69) is 14.9 Å². The number of anilines is 1. The third kappa shape index (κ3) is 3.93. The molecule has 30 heavy (non-hydrogen) atoms. The molecule has 1 amide bonds. The van der Waals surface area contributed by atoms with Gasteiger partial charge in [0, 0.05) is 18.7 Å². The summed E-state index contributed by atoms with van der Waals surface area (Å²) < 4.78 is 33.8. The summed E-state index contributed by atoms with van der Waals surface area (Å²) in [5.74, 6) is -0.216. The van der Waals surface area contributed by atoms with Gasteiger partial charge in [0.2, 0.25) is 5.82 Å². The lowest BCUT2D eigenvalue weighted by molar-refractivity contribution is 0.0743. The van der Waals surface area contributed by atoms with Crippen molar-refractivity contribution in [1.29, 1.82) is 0 Å². The Hall–Kier alpha value is -3.20. The van der Waals surface area contributed by atoms with E-state index in [1.807, 2.05) is 19.1 Å². The molecular weight excluding hydrogens is 404 g/mol. The van der Waals surface area contributed by atoms with Crippen LogP contribution >= 0.6 is 0 Å². The van der Waals surface area contributed by atoms with Gasteiger partial charge in [0.15, 0.2) is 0 Å². The molecule has 1 saturated heterocycles. The minimum Gasteiger partial charge on any atom is -0.334 e. The number of amides is 1. The molecule has 8 nitrogen and oxygen atoms in total. The molecule has 0 radical (unpaired) electrons. The highest BCUT2D eigenvalue weighted by Crippen LogP contribution is 2.26. The van der Waals surface area contributed by atoms with Crippen LogP contribution in [0.25, 0.3) is 11.4 Å². The monoisotopic (exact) mass is 426 g/mol. The Balaban J connectivity index is 1.64. The third-order valence-electron chi connectivity index (χ3n) is 5.13. The fraction of sp³-hybridized carbons (Fsp3) is 0.286. The van der Waals surface area contributed by atoms with Gasteiger partial charge in [-0.05, 0) is 49.9 Å². The van der Waals surface area contributed by atoms with Crippen LogP contribution in [0, 0.1) is 13.8 Å². The number of sulfonamides is 1. The summed E-state index contributed by atoms with van der Waals surface area (Å²) in [5.41, 5.74) is 2.37. The van der Waals surface area contributed by atoms with E-state index >= 15 is 0 Å². The van der Waals surface area contributed by atoms with Crippen molar-refractivity contribution >= 4 is 21.6 Å². The number of aromatic nitrogens is 2. The molecule has 9 heteroatoms. The number of nitrogens with zero attached hydrogens (tertiary/aromatic N) is 3. The number of aryl methyl sites for hydroxylation is 2. The van der Waals surface area contributed by atoms with Gasteiger partial charge in [0.25, 0.3) is 10.0 Å². The number of para-hydroxylation sites is 1. The molecular formula is C21H22N4O4S. The highest BCUT2D eigenvalue weighted by molar-refractivity contribution is 7.92. The summed E-state index contributed by atoms with van der Waals surface area (Å²) >= 11 is 0. The first-order valence-electron chi connectivity index (χ1n) is 9.67. The second-order valence-corrected chi connectivity index (χ2v) is 8.97. The maximum atomic E-state index is 13.0. The van der Waals surface area contributed by atoms with Crippen molar-refractivity contribution in [2.24, 2.45) is 0 Å². The number of carbonyl (C=O) groups excluding carboxylic acids is 1. The highest BCUT2D eigenvalue weighted by atomic mass is 32.2. The van der Waals surface area contributed by atoms with Gasteiger partial charge >= 0.3 is 11.8 Å². The Labute approximate surface area is 175 Å². The van der Waals surface area contributed by atoms with E-state index in [9.17, 15) is 13.2 Å². The second kappa shape index (κ2) is 7.91. The van der Waals surface area contributed by atoms with Crippen molar-refractivity contribution in [2.45, 2.75) is 31.6 Å². The zero-order chi connectivity index (χ0) is 21.3. The Morgan fingerprint density at radius 1 is 1.07 bits per heavy atom. The third-order valence-corrected chi connectivity index (χ3v) is 6.64. The van der Waals surface area contributed by atoms with Crippen molar-refractivity contribution in [3.05, 3.63) is 59.5 Å². The predicted octanol–water partition coefficient (Wildman–Crippen LogP) is 3.39. The summed E-state index contributed by atoms with van der Waals surface area (Å²) in [6, 6.07) is 12.0. The lowest BCUT2D eigenvalue weighted by atomic mass is 10.1. The van der Waals surface area contributed by atoms with E-state index in [1.54, 1.807) is 36.1 Å². The Morgan fingerprint density at radius 3 is 2.53 bits per heavy atom. The van der Waals surface area contributed by atoms with Crippen molar-refractivity contribution in [1.82, 2.24) is 15.0 Å². The first-order chi connectivity index (χ1) is 14.3. The summed E-state index contributed by atoms with van der Waals surface area (Å²) in [6.45, 7) is 4.90. The number of carbonyl (C=O) groups is 1. The molecule has 1 aliphatic rings. The average Bonchev–Trinajstić information content (AvgIpc) is 3.42. The van der Waals surface area contributed by atoms with Gasteiger partial charge in [-0.25, -0.2) is 8.42 Å². The van der Waals surface area contributed by atoms with Crippen molar-refractivity contribution < 1.29 is 17.7 Å². The van der Waals surface area contributed by atoms with Crippen LogP contribution in [0.3, 0.4) is 0 Å². The molecule has 2 heterocycles. The van der Waals surface area contributed by atoms with E-state index < -0.39 is 10.0 Å². The standard InChI is InChI=1S/C21H22N4O4S/c1-14-7-3-4-8-17(14)24-30(27,28)18-13-16(10-9-15(18)2)19-22-20(29-23-19)21(26)25-11-5-6-12-25/h3-4,7-10,13,24H,5-6,11-12H2,1-2H3. The topological polar surface area (TPSA) is 105 Å². The Morgan fingerprint density at radius 2 is 1.80 bits per heavy atom. The molecule has 1 fully saturated rings. The summed E-state index contributed by atoms with van der Waals surface area (Å²) in [5, 5.41) is 3.88. The first-order valence-corrected chi connectivity index (χ1v) is 11.2. The van der Waals surface area contributed by atoms with E-state index in [4.69, 9.17) is 4.52 Å². The van der Waals surface area contributed by atoms with Crippen LogP contribution in [0.15, 0.2) is 51.9 Å². The second-order valence-electron chi connectivity index (χ2n) is 7.32. The van der Waals surface area contributed by atoms with Crippen LogP contribution in [0.1, 0.15) is 34.7 Å². The molecule has 0 unspecified atom stereocenters. The van der Waals surface area contributed by atoms with Crippen molar-refractivity contribution in [3.63, 3.8) is 0 Å². The molecule has 3 aromatic rings. The lowest BCUT2D eigenvalue weighted by Gasteiger charge is -2.13. The molecule has 2 aromatic carbocycles. The van der Waals surface area contributed by atoms with Gasteiger partial charge < -0.3 is 9.42 Å². The molecule has 156 valence electrons. The molecule has 0 saturated carbocycles.